The average Bonchev–Trinajstić information content (AvgIpc) is 3.27. The Kier molecular flexibility index (Phi) is 5.98. The Hall–Kier alpha value is -3.46. The van der Waals surface area contributed by atoms with Crippen LogP contribution in [0.4, 0.5) is 0 Å². The monoisotopic (exact) mass is 481 g/mol. The molecule has 0 unspecified atom stereocenters. The Bertz CT molecular complexity index is 1370. The van der Waals surface area contributed by atoms with Crippen LogP contribution < -0.4 is 4.46 Å². The molecule has 3 nitrogen and oxygen atoms in total. The van der Waals surface area contributed by atoms with Gasteiger partial charge in [0.2, 0.25) is 0 Å². The van der Waals surface area contributed by atoms with Crippen molar-refractivity contribution in [2.45, 2.75) is 12.2 Å². The molecular formula is C28H23N3Se. The molecule has 0 bridgehead atoms. The number of benzene rings is 4. The number of hydrogen-bond donors (Lipinski definition) is 0. The van der Waals surface area contributed by atoms with Gasteiger partial charge in [-0.15, -0.1) is 0 Å². The van der Waals surface area contributed by atoms with Crippen LogP contribution in [0.3, 0.4) is 0 Å². The second-order valence-corrected chi connectivity index (χ2v) is 9.80. The Morgan fingerprint density at radius 2 is 1.41 bits per heavy atom. The first-order valence-corrected chi connectivity index (χ1v) is 12.7. The summed E-state index contributed by atoms with van der Waals surface area (Å²) in [6.07, 6.45) is 0. The summed E-state index contributed by atoms with van der Waals surface area (Å²) in [5, 5.41) is 10.1. The summed E-state index contributed by atoms with van der Waals surface area (Å²) in [5.41, 5.74) is 7.96. The molecule has 4 aromatic carbocycles. The number of para-hydroxylation sites is 1. The quantitative estimate of drug-likeness (QED) is 0.234. The molecule has 0 aliphatic carbocycles. The van der Waals surface area contributed by atoms with Crippen LogP contribution >= 0.6 is 0 Å². The Morgan fingerprint density at radius 3 is 2.19 bits per heavy atom. The summed E-state index contributed by atoms with van der Waals surface area (Å²) in [6.45, 7) is 2.17. The van der Waals surface area contributed by atoms with Gasteiger partial charge < -0.3 is 0 Å². The average molecular weight is 480 g/mol. The predicted molar refractivity (Wildman–Crippen MR) is 134 cm³/mol. The number of rotatable bonds is 6. The molecule has 0 amide bonds. The van der Waals surface area contributed by atoms with E-state index in [0.717, 1.165) is 22.0 Å². The maximum absolute atomic E-state index is 4.63. The first-order valence-electron chi connectivity index (χ1n) is 10.6. The van der Waals surface area contributed by atoms with Gasteiger partial charge in [-0.2, -0.15) is 0 Å². The van der Waals surface area contributed by atoms with Crippen LogP contribution in [0, 0.1) is 6.92 Å². The van der Waals surface area contributed by atoms with Gasteiger partial charge in [0, 0.05) is 0 Å². The molecule has 0 spiro atoms. The predicted octanol–water partition coefficient (Wildman–Crippen LogP) is 5.60. The van der Waals surface area contributed by atoms with Crippen molar-refractivity contribution in [2.24, 2.45) is 0 Å². The number of nitrogens with zero attached hydrogens (tertiary/aromatic N) is 3. The van der Waals surface area contributed by atoms with Crippen molar-refractivity contribution < 1.29 is 0 Å². The SMILES string of the molecule is Cc1ccccc1/C(=C(\C[Se]c1ccccc1)c1ccccc1)n1nnc2ccccc21. The summed E-state index contributed by atoms with van der Waals surface area (Å²) in [5.74, 6) is 0. The van der Waals surface area contributed by atoms with Gasteiger partial charge in [0.1, 0.15) is 0 Å². The third-order valence-corrected chi connectivity index (χ3v) is 7.68. The first kappa shape index (κ1) is 20.4. The molecule has 0 saturated carbocycles. The van der Waals surface area contributed by atoms with E-state index >= 15 is 0 Å². The van der Waals surface area contributed by atoms with Crippen LogP contribution in [0.25, 0.3) is 22.3 Å². The van der Waals surface area contributed by atoms with E-state index in [1.807, 2.05) is 22.9 Å². The topological polar surface area (TPSA) is 30.7 Å². The fraction of sp³-hybridized carbons (Fsp3) is 0.0714. The van der Waals surface area contributed by atoms with E-state index in [2.05, 4.69) is 108 Å². The molecule has 156 valence electrons. The molecule has 5 rings (SSSR count). The minimum atomic E-state index is 0.288. The van der Waals surface area contributed by atoms with Gasteiger partial charge in [0.05, 0.1) is 0 Å². The summed E-state index contributed by atoms with van der Waals surface area (Å²) < 4.78 is 3.42. The van der Waals surface area contributed by atoms with E-state index in [0.29, 0.717) is 0 Å². The van der Waals surface area contributed by atoms with Crippen molar-refractivity contribution in [3.8, 4) is 0 Å². The first-order chi connectivity index (χ1) is 15.8. The van der Waals surface area contributed by atoms with Crippen LogP contribution in [0.15, 0.2) is 109 Å². The van der Waals surface area contributed by atoms with Crippen molar-refractivity contribution in [1.82, 2.24) is 15.0 Å². The Labute approximate surface area is 194 Å². The van der Waals surface area contributed by atoms with Gasteiger partial charge in [-0.3, -0.25) is 0 Å². The van der Waals surface area contributed by atoms with Gasteiger partial charge in [-0.25, -0.2) is 0 Å². The fourth-order valence-electron chi connectivity index (χ4n) is 3.88. The number of allylic oxidation sites excluding steroid dienone is 1. The van der Waals surface area contributed by atoms with E-state index < -0.39 is 0 Å². The second kappa shape index (κ2) is 9.35. The Balaban J connectivity index is 1.77. The summed E-state index contributed by atoms with van der Waals surface area (Å²) in [7, 11) is 0. The zero-order chi connectivity index (χ0) is 21.8. The molecule has 0 N–H and O–H groups in total. The molecule has 0 radical (unpaired) electrons. The molecule has 32 heavy (non-hydrogen) atoms. The van der Waals surface area contributed by atoms with Crippen molar-refractivity contribution >= 4 is 41.7 Å². The molecule has 0 fully saturated rings. The molecule has 0 aliphatic heterocycles. The third-order valence-electron chi connectivity index (χ3n) is 5.50. The molecule has 1 heterocycles. The molecule has 0 atom stereocenters. The van der Waals surface area contributed by atoms with E-state index in [-0.39, 0.29) is 15.0 Å². The molecule has 0 aliphatic rings. The van der Waals surface area contributed by atoms with Gasteiger partial charge in [-0.1, -0.05) is 0 Å². The second-order valence-electron chi connectivity index (χ2n) is 7.60. The van der Waals surface area contributed by atoms with E-state index in [1.165, 1.54) is 26.7 Å². The number of hydrogen-bond acceptors (Lipinski definition) is 2. The number of fused-ring (bicyclic) bond motifs is 1. The van der Waals surface area contributed by atoms with Crippen LogP contribution in [0.2, 0.25) is 5.32 Å². The fourth-order valence-corrected chi connectivity index (χ4v) is 5.90. The summed E-state index contributed by atoms with van der Waals surface area (Å²) >= 11 is 0.288. The van der Waals surface area contributed by atoms with Crippen molar-refractivity contribution in [3.63, 3.8) is 0 Å². The number of aromatic nitrogens is 3. The minimum absolute atomic E-state index is 0.288. The Morgan fingerprint density at radius 1 is 0.750 bits per heavy atom. The molecule has 5 aromatic rings. The zero-order valence-corrected chi connectivity index (χ0v) is 19.6. The zero-order valence-electron chi connectivity index (χ0n) is 17.8. The number of aryl methyl sites for hydroxylation is 1. The molecular weight excluding hydrogens is 457 g/mol. The molecule has 4 heteroatoms. The van der Waals surface area contributed by atoms with Crippen LogP contribution in [-0.2, 0) is 0 Å². The summed E-state index contributed by atoms with van der Waals surface area (Å²) in [6, 6.07) is 38.2. The van der Waals surface area contributed by atoms with E-state index in [4.69, 9.17) is 0 Å². The van der Waals surface area contributed by atoms with Crippen molar-refractivity contribution in [3.05, 3.63) is 126 Å². The maximum atomic E-state index is 4.63. The molecule has 1 aromatic heterocycles. The van der Waals surface area contributed by atoms with Gasteiger partial charge >= 0.3 is 195 Å². The normalized spacial score (nSPS) is 12.0. The van der Waals surface area contributed by atoms with Gasteiger partial charge in [-0.05, 0) is 0 Å². The third kappa shape index (κ3) is 4.16. The van der Waals surface area contributed by atoms with Crippen LogP contribution in [0.5, 0.6) is 0 Å². The molecule has 0 saturated heterocycles. The van der Waals surface area contributed by atoms with Gasteiger partial charge in [0.15, 0.2) is 0 Å². The van der Waals surface area contributed by atoms with Crippen LogP contribution in [0.1, 0.15) is 16.7 Å². The van der Waals surface area contributed by atoms with E-state index in [1.54, 1.807) is 0 Å². The standard InChI is InChI=1S/C28H23N3Se/c1-21-12-8-9-17-24(21)28(31-27-19-11-10-18-26(27)29-30-31)25(22-13-4-2-5-14-22)20-32-23-15-6-3-7-16-23/h2-19H,20H2,1H3/b28-25-. The van der Waals surface area contributed by atoms with Crippen LogP contribution in [-0.4, -0.2) is 30.0 Å². The van der Waals surface area contributed by atoms with Crippen molar-refractivity contribution in [2.75, 3.05) is 0 Å². The van der Waals surface area contributed by atoms with E-state index in [9.17, 15) is 0 Å². The van der Waals surface area contributed by atoms with Gasteiger partial charge in [0.25, 0.3) is 0 Å². The summed E-state index contributed by atoms with van der Waals surface area (Å²) in [4.78, 5) is 0. The van der Waals surface area contributed by atoms with Crippen molar-refractivity contribution in [1.29, 1.82) is 0 Å².